The third-order valence-corrected chi connectivity index (χ3v) is 15.2. The average molecular weight is 1030 g/mol. The summed E-state index contributed by atoms with van der Waals surface area (Å²) in [5.41, 5.74) is 0. The van der Waals surface area contributed by atoms with Gasteiger partial charge in [0.2, 0.25) is 5.91 Å². The molecule has 0 radical (unpaired) electrons. The molecule has 6 nitrogen and oxygen atoms in total. The predicted molar refractivity (Wildman–Crippen MR) is 319 cm³/mol. The van der Waals surface area contributed by atoms with Gasteiger partial charge in [-0.25, -0.2) is 0 Å². The van der Waals surface area contributed by atoms with E-state index < -0.39 is 12.1 Å². The molecule has 0 aromatic heterocycles. The van der Waals surface area contributed by atoms with Crippen molar-refractivity contribution in [2.45, 2.75) is 366 Å². The van der Waals surface area contributed by atoms with Crippen LogP contribution < -0.4 is 5.32 Å². The summed E-state index contributed by atoms with van der Waals surface area (Å²) in [7, 11) is 0. The third kappa shape index (κ3) is 59.2. The molecule has 2 unspecified atom stereocenters. The number of unbranched alkanes of at least 4 members (excludes halogenated alkanes) is 46. The number of ether oxygens (including phenoxy) is 1. The van der Waals surface area contributed by atoms with Gasteiger partial charge in [0.15, 0.2) is 0 Å². The van der Waals surface area contributed by atoms with E-state index in [2.05, 4.69) is 43.5 Å². The molecular weight excluding hydrogens is 899 g/mol. The smallest absolute Gasteiger partial charge is 0.305 e. The van der Waals surface area contributed by atoms with E-state index in [9.17, 15) is 19.8 Å². The molecule has 6 heteroatoms. The lowest BCUT2D eigenvalue weighted by Crippen LogP contribution is -2.45. The molecule has 0 spiro atoms. The van der Waals surface area contributed by atoms with Gasteiger partial charge in [-0.15, -0.1) is 0 Å². The van der Waals surface area contributed by atoms with Gasteiger partial charge in [-0.2, -0.15) is 0 Å². The highest BCUT2D eigenvalue weighted by Gasteiger charge is 2.18. The van der Waals surface area contributed by atoms with Crippen LogP contribution in [0.3, 0.4) is 0 Å². The van der Waals surface area contributed by atoms with Gasteiger partial charge in [-0.3, -0.25) is 9.59 Å². The van der Waals surface area contributed by atoms with Crippen molar-refractivity contribution in [3.8, 4) is 0 Å². The van der Waals surface area contributed by atoms with E-state index in [1.54, 1.807) is 6.08 Å². The molecule has 0 bridgehead atoms. The standard InChI is InChI=1S/C67H127NO5/c1-3-5-7-9-11-13-15-17-33-36-39-43-47-51-55-59-65(70)64(63-69)68-66(71)60-56-52-48-44-40-37-34-31-29-27-25-23-21-19-18-20-22-24-26-28-30-32-35-38-42-46-50-54-58-62-73-67(72)61-57-53-49-45-41-16-14-12-10-8-6-4-2/h18,20,24,26,55,59,64-65,69-70H,3-17,19,21-23,25,27-54,56-58,60-63H2,1-2H3,(H,68,71)/b20-18-,26-24-,59-55+. The first kappa shape index (κ1) is 71.1. The highest BCUT2D eigenvalue weighted by Crippen LogP contribution is 2.17. The topological polar surface area (TPSA) is 95.9 Å². The number of hydrogen-bond acceptors (Lipinski definition) is 5. The lowest BCUT2D eigenvalue weighted by Gasteiger charge is -2.20. The van der Waals surface area contributed by atoms with Crippen LogP contribution in [0.5, 0.6) is 0 Å². The molecule has 0 aliphatic heterocycles. The Morgan fingerprint density at radius 1 is 0.384 bits per heavy atom. The number of hydrogen-bond donors (Lipinski definition) is 3. The molecular formula is C67H127NO5. The summed E-state index contributed by atoms with van der Waals surface area (Å²) in [6, 6.07) is -0.628. The van der Waals surface area contributed by atoms with Crippen molar-refractivity contribution in [3.05, 3.63) is 36.5 Å². The molecule has 0 rings (SSSR count). The van der Waals surface area contributed by atoms with Crippen LogP contribution in [0.1, 0.15) is 354 Å². The van der Waals surface area contributed by atoms with Gasteiger partial charge in [-0.05, 0) is 64.2 Å². The van der Waals surface area contributed by atoms with Gasteiger partial charge in [0.05, 0.1) is 25.4 Å². The van der Waals surface area contributed by atoms with Crippen LogP contribution in [0.4, 0.5) is 0 Å². The van der Waals surface area contributed by atoms with Crippen LogP contribution in [0.25, 0.3) is 0 Å². The number of allylic oxidation sites excluding steroid dienone is 5. The number of aliphatic hydroxyl groups is 2. The Balaban J connectivity index is 3.42. The Kier molecular flexibility index (Phi) is 61.0. The van der Waals surface area contributed by atoms with Gasteiger partial charge < -0.3 is 20.3 Å². The molecule has 0 saturated carbocycles. The van der Waals surface area contributed by atoms with Crippen molar-refractivity contribution in [3.63, 3.8) is 0 Å². The fourth-order valence-corrected chi connectivity index (χ4v) is 10.1. The Morgan fingerprint density at radius 3 is 1.04 bits per heavy atom. The maximum absolute atomic E-state index is 12.5. The van der Waals surface area contributed by atoms with E-state index in [0.29, 0.717) is 19.4 Å². The molecule has 0 saturated heterocycles. The molecule has 430 valence electrons. The number of carbonyl (C=O) groups is 2. The fourth-order valence-electron chi connectivity index (χ4n) is 10.1. The zero-order valence-electron chi connectivity index (χ0n) is 49.1. The molecule has 3 N–H and O–H groups in total. The van der Waals surface area contributed by atoms with E-state index >= 15 is 0 Å². The first-order valence-electron chi connectivity index (χ1n) is 32.8. The Hall–Kier alpha value is -1.92. The molecule has 0 aliphatic carbocycles. The van der Waals surface area contributed by atoms with Gasteiger partial charge in [0.1, 0.15) is 0 Å². The summed E-state index contributed by atoms with van der Waals surface area (Å²) in [5, 5.41) is 23.1. The van der Waals surface area contributed by atoms with Crippen LogP contribution in [0.2, 0.25) is 0 Å². The summed E-state index contributed by atoms with van der Waals surface area (Å²) < 4.78 is 5.47. The number of aliphatic hydroxyl groups excluding tert-OH is 2. The van der Waals surface area contributed by atoms with Crippen molar-refractivity contribution >= 4 is 11.9 Å². The van der Waals surface area contributed by atoms with Crippen LogP contribution in [0.15, 0.2) is 36.5 Å². The van der Waals surface area contributed by atoms with E-state index in [4.69, 9.17) is 4.74 Å². The lowest BCUT2D eigenvalue weighted by atomic mass is 10.0. The zero-order chi connectivity index (χ0) is 52.9. The van der Waals surface area contributed by atoms with Crippen molar-refractivity contribution in [1.82, 2.24) is 5.32 Å². The molecule has 1 amide bonds. The van der Waals surface area contributed by atoms with Crippen LogP contribution in [-0.2, 0) is 14.3 Å². The van der Waals surface area contributed by atoms with Crippen molar-refractivity contribution in [2.75, 3.05) is 13.2 Å². The van der Waals surface area contributed by atoms with Crippen molar-refractivity contribution in [1.29, 1.82) is 0 Å². The molecule has 0 aliphatic rings. The van der Waals surface area contributed by atoms with E-state index in [1.807, 2.05) is 6.08 Å². The highest BCUT2D eigenvalue weighted by atomic mass is 16.5. The molecule has 0 aromatic carbocycles. The lowest BCUT2D eigenvalue weighted by molar-refractivity contribution is -0.143. The Labute approximate surface area is 455 Å². The average Bonchev–Trinajstić information content (AvgIpc) is 3.39. The van der Waals surface area contributed by atoms with Gasteiger partial charge in [-0.1, -0.05) is 314 Å². The van der Waals surface area contributed by atoms with Gasteiger partial charge in [0.25, 0.3) is 0 Å². The van der Waals surface area contributed by atoms with E-state index in [-0.39, 0.29) is 18.5 Å². The summed E-state index contributed by atoms with van der Waals surface area (Å²) in [4.78, 5) is 24.5. The quantitative estimate of drug-likeness (QED) is 0.0320. The molecule has 2 atom stereocenters. The number of nitrogens with one attached hydrogen (secondary N) is 1. The van der Waals surface area contributed by atoms with Crippen LogP contribution >= 0.6 is 0 Å². The minimum Gasteiger partial charge on any atom is -0.466 e. The molecule has 0 heterocycles. The second-order valence-corrected chi connectivity index (χ2v) is 22.5. The maximum atomic E-state index is 12.5. The Morgan fingerprint density at radius 2 is 0.685 bits per heavy atom. The number of carbonyl (C=O) groups excluding carboxylic acids is 2. The summed E-state index contributed by atoms with van der Waals surface area (Å²) >= 11 is 0. The minimum absolute atomic E-state index is 0.0124. The first-order chi connectivity index (χ1) is 36.0. The monoisotopic (exact) mass is 1030 g/mol. The van der Waals surface area contributed by atoms with Crippen LogP contribution in [-0.4, -0.2) is 47.4 Å². The fraction of sp³-hybridized carbons (Fsp3) is 0.881. The summed E-state index contributed by atoms with van der Waals surface area (Å²) in [6.45, 7) is 4.92. The third-order valence-electron chi connectivity index (χ3n) is 15.2. The van der Waals surface area contributed by atoms with Crippen molar-refractivity contribution in [2.24, 2.45) is 0 Å². The zero-order valence-corrected chi connectivity index (χ0v) is 49.1. The largest absolute Gasteiger partial charge is 0.466 e. The normalized spacial score (nSPS) is 12.8. The van der Waals surface area contributed by atoms with E-state index in [0.717, 1.165) is 44.9 Å². The minimum atomic E-state index is -0.845. The van der Waals surface area contributed by atoms with Crippen molar-refractivity contribution < 1.29 is 24.5 Å². The SMILES string of the molecule is CCCCCCCCCCCCCCC/C=C/C(O)C(CO)NC(=O)CCCCCCCCCCCCCCC/C=C\C/C=C\CCCCCCCCCCCOC(=O)CCCCCCCCCCCCCC. The molecule has 0 aromatic rings. The van der Waals surface area contributed by atoms with Gasteiger partial charge in [0, 0.05) is 12.8 Å². The van der Waals surface area contributed by atoms with Crippen LogP contribution in [0, 0.1) is 0 Å². The maximum Gasteiger partial charge on any atom is 0.305 e. The second kappa shape index (κ2) is 62.6. The number of amides is 1. The predicted octanol–water partition coefficient (Wildman–Crippen LogP) is 20.8. The number of rotatable bonds is 61. The number of esters is 1. The summed E-state index contributed by atoms with van der Waals surface area (Å²) in [5.74, 6) is -0.0550. The molecule has 73 heavy (non-hydrogen) atoms. The van der Waals surface area contributed by atoms with Gasteiger partial charge >= 0.3 is 5.97 Å². The highest BCUT2D eigenvalue weighted by molar-refractivity contribution is 5.76. The molecule has 0 fully saturated rings. The second-order valence-electron chi connectivity index (χ2n) is 22.5. The first-order valence-corrected chi connectivity index (χ1v) is 32.8. The summed E-state index contributed by atoms with van der Waals surface area (Å²) in [6.07, 6.45) is 79.2. The van der Waals surface area contributed by atoms with E-state index in [1.165, 1.54) is 283 Å². The Bertz CT molecular complexity index is 1180.